The van der Waals surface area contributed by atoms with Crippen molar-refractivity contribution in [2.75, 3.05) is 5.32 Å². The summed E-state index contributed by atoms with van der Waals surface area (Å²) in [6.07, 6.45) is -0.737. The second-order valence-electron chi connectivity index (χ2n) is 6.15. The van der Waals surface area contributed by atoms with Crippen molar-refractivity contribution >= 4 is 17.3 Å². The van der Waals surface area contributed by atoms with Crippen molar-refractivity contribution in [1.29, 1.82) is 0 Å². The number of nitrogens with zero attached hydrogens (tertiary/aromatic N) is 1. The van der Waals surface area contributed by atoms with Gasteiger partial charge in [0.15, 0.2) is 6.10 Å². The van der Waals surface area contributed by atoms with Crippen molar-refractivity contribution in [2.45, 2.75) is 39.7 Å². The molecule has 0 unspecified atom stereocenters. The Morgan fingerprint density at radius 1 is 1.12 bits per heavy atom. The van der Waals surface area contributed by atoms with Crippen LogP contribution in [0, 0.1) is 17.0 Å². The van der Waals surface area contributed by atoms with Gasteiger partial charge < -0.3 is 10.1 Å². The number of carbonyl (C=O) groups is 1. The van der Waals surface area contributed by atoms with Gasteiger partial charge in [0, 0.05) is 6.07 Å². The summed E-state index contributed by atoms with van der Waals surface area (Å²) in [5.74, 6) is 0.573. The van der Waals surface area contributed by atoms with Crippen LogP contribution in [0.2, 0.25) is 0 Å². The molecule has 0 bridgehead atoms. The van der Waals surface area contributed by atoms with E-state index in [-0.39, 0.29) is 17.5 Å². The highest BCUT2D eigenvalue weighted by Crippen LogP contribution is 2.28. The standard InChI is InChI=1S/C19H22N2O4/c1-12(2)15-8-5-6-11-18(15)25-14(4)19(22)20-16-9-7-10-17(13(16)3)21(23)24/h5-12,14H,1-4H3,(H,20,22)/t14-/m1/s1. The molecule has 2 rings (SSSR count). The van der Waals surface area contributed by atoms with E-state index in [4.69, 9.17) is 4.74 Å². The fraction of sp³-hybridized carbons (Fsp3) is 0.316. The van der Waals surface area contributed by atoms with E-state index in [9.17, 15) is 14.9 Å². The highest BCUT2D eigenvalue weighted by atomic mass is 16.6. The van der Waals surface area contributed by atoms with Crippen LogP contribution >= 0.6 is 0 Å². The molecule has 6 heteroatoms. The Balaban J connectivity index is 2.14. The molecule has 0 saturated heterocycles. The van der Waals surface area contributed by atoms with Gasteiger partial charge >= 0.3 is 0 Å². The van der Waals surface area contributed by atoms with Crippen molar-refractivity contribution in [3.63, 3.8) is 0 Å². The third-order valence-electron chi connectivity index (χ3n) is 3.97. The average molecular weight is 342 g/mol. The number of nitrogens with one attached hydrogen (secondary N) is 1. The van der Waals surface area contributed by atoms with Crippen LogP contribution in [-0.4, -0.2) is 16.9 Å². The van der Waals surface area contributed by atoms with E-state index < -0.39 is 11.0 Å². The third kappa shape index (κ3) is 4.35. The molecular weight excluding hydrogens is 320 g/mol. The van der Waals surface area contributed by atoms with Gasteiger partial charge in [-0.1, -0.05) is 38.1 Å². The van der Waals surface area contributed by atoms with Crippen LogP contribution in [-0.2, 0) is 4.79 Å². The summed E-state index contributed by atoms with van der Waals surface area (Å²) >= 11 is 0. The third-order valence-corrected chi connectivity index (χ3v) is 3.97. The molecule has 0 aliphatic carbocycles. The first-order valence-electron chi connectivity index (χ1n) is 8.11. The number of anilines is 1. The van der Waals surface area contributed by atoms with Crippen molar-refractivity contribution in [2.24, 2.45) is 0 Å². The molecular formula is C19H22N2O4. The Morgan fingerprint density at radius 2 is 1.80 bits per heavy atom. The summed E-state index contributed by atoms with van der Waals surface area (Å²) in [6, 6.07) is 12.2. The Kier molecular flexibility index (Phi) is 5.75. The molecule has 1 N–H and O–H groups in total. The number of hydrogen-bond donors (Lipinski definition) is 1. The number of benzene rings is 2. The van der Waals surface area contributed by atoms with Gasteiger partial charge in [-0.05, 0) is 37.5 Å². The number of ether oxygens (including phenoxy) is 1. The van der Waals surface area contributed by atoms with Gasteiger partial charge in [-0.2, -0.15) is 0 Å². The van der Waals surface area contributed by atoms with Crippen LogP contribution in [0.1, 0.15) is 37.8 Å². The van der Waals surface area contributed by atoms with Crippen LogP contribution in [0.15, 0.2) is 42.5 Å². The second-order valence-corrected chi connectivity index (χ2v) is 6.15. The van der Waals surface area contributed by atoms with Crippen LogP contribution < -0.4 is 10.1 Å². The summed E-state index contributed by atoms with van der Waals surface area (Å²) in [6.45, 7) is 7.37. The predicted molar refractivity (Wildman–Crippen MR) is 97.1 cm³/mol. The SMILES string of the molecule is Cc1c(NC(=O)[C@@H](C)Oc2ccccc2C(C)C)cccc1[N+](=O)[O-]. The lowest BCUT2D eigenvalue weighted by Crippen LogP contribution is -2.30. The van der Waals surface area contributed by atoms with E-state index in [1.54, 1.807) is 26.0 Å². The molecule has 132 valence electrons. The molecule has 25 heavy (non-hydrogen) atoms. The van der Waals surface area contributed by atoms with Gasteiger partial charge in [-0.3, -0.25) is 14.9 Å². The zero-order chi connectivity index (χ0) is 18.6. The zero-order valence-corrected chi connectivity index (χ0v) is 14.8. The van der Waals surface area contributed by atoms with Crippen molar-refractivity contribution in [3.05, 3.63) is 63.7 Å². The molecule has 0 aliphatic rings. The van der Waals surface area contributed by atoms with Gasteiger partial charge in [0.2, 0.25) is 0 Å². The first-order chi connectivity index (χ1) is 11.8. The molecule has 6 nitrogen and oxygen atoms in total. The maximum absolute atomic E-state index is 12.4. The molecule has 0 spiro atoms. The first kappa shape index (κ1) is 18.4. The molecule has 0 aromatic heterocycles. The molecule has 0 radical (unpaired) electrons. The van der Waals surface area contributed by atoms with Crippen molar-refractivity contribution in [3.8, 4) is 5.75 Å². The molecule has 1 amide bonds. The van der Waals surface area contributed by atoms with E-state index >= 15 is 0 Å². The van der Waals surface area contributed by atoms with Gasteiger partial charge in [-0.25, -0.2) is 0 Å². The van der Waals surface area contributed by atoms with Crippen molar-refractivity contribution in [1.82, 2.24) is 0 Å². The van der Waals surface area contributed by atoms with Gasteiger partial charge in [-0.15, -0.1) is 0 Å². The zero-order valence-electron chi connectivity index (χ0n) is 14.8. The van der Waals surface area contributed by atoms with E-state index in [1.807, 2.05) is 24.3 Å². The van der Waals surface area contributed by atoms with E-state index in [0.29, 0.717) is 17.0 Å². The lowest BCUT2D eigenvalue weighted by atomic mass is 10.0. The summed E-state index contributed by atoms with van der Waals surface area (Å²) < 4.78 is 5.81. The Bertz CT molecular complexity index is 787. The Hall–Kier alpha value is -2.89. The van der Waals surface area contributed by atoms with Crippen LogP contribution in [0.3, 0.4) is 0 Å². The highest BCUT2D eigenvalue weighted by Gasteiger charge is 2.20. The minimum atomic E-state index is -0.737. The van der Waals surface area contributed by atoms with Gasteiger partial charge in [0.05, 0.1) is 16.2 Å². The predicted octanol–water partition coefficient (Wildman–Crippen LogP) is 4.43. The molecule has 0 saturated carbocycles. The number of nitro groups is 1. The van der Waals surface area contributed by atoms with Crippen LogP contribution in [0.5, 0.6) is 5.75 Å². The maximum Gasteiger partial charge on any atom is 0.274 e. The minimum absolute atomic E-state index is 0.0310. The van der Waals surface area contributed by atoms with E-state index in [1.165, 1.54) is 6.07 Å². The van der Waals surface area contributed by atoms with Crippen molar-refractivity contribution < 1.29 is 14.5 Å². The molecule has 2 aromatic rings. The summed E-state index contributed by atoms with van der Waals surface area (Å²) in [5.41, 5.74) is 1.81. The fourth-order valence-corrected chi connectivity index (χ4v) is 2.50. The fourth-order valence-electron chi connectivity index (χ4n) is 2.50. The number of nitro benzene ring substituents is 1. The minimum Gasteiger partial charge on any atom is -0.481 e. The maximum atomic E-state index is 12.4. The number of rotatable bonds is 6. The smallest absolute Gasteiger partial charge is 0.274 e. The Morgan fingerprint density at radius 3 is 2.44 bits per heavy atom. The van der Waals surface area contributed by atoms with E-state index in [0.717, 1.165) is 5.56 Å². The number of hydrogen-bond acceptors (Lipinski definition) is 4. The number of para-hydroxylation sites is 1. The second kappa shape index (κ2) is 7.79. The summed E-state index contributed by atoms with van der Waals surface area (Å²) in [7, 11) is 0. The summed E-state index contributed by atoms with van der Waals surface area (Å²) in [5, 5.41) is 13.7. The molecule has 0 aliphatic heterocycles. The summed E-state index contributed by atoms with van der Waals surface area (Å²) in [4.78, 5) is 23.0. The molecule has 1 atom stereocenters. The average Bonchev–Trinajstić information content (AvgIpc) is 2.56. The van der Waals surface area contributed by atoms with E-state index in [2.05, 4.69) is 19.2 Å². The normalized spacial score (nSPS) is 11.9. The first-order valence-corrected chi connectivity index (χ1v) is 8.11. The molecule has 0 fully saturated rings. The largest absolute Gasteiger partial charge is 0.481 e. The van der Waals surface area contributed by atoms with Crippen LogP contribution in [0.4, 0.5) is 11.4 Å². The Labute approximate surface area is 147 Å². The monoisotopic (exact) mass is 342 g/mol. The lowest BCUT2D eigenvalue weighted by molar-refractivity contribution is -0.385. The molecule has 0 heterocycles. The highest BCUT2D eigenvalue weighted by molar-refractivity contribution is 5.95. The van der Waals surface area contributed by atoms with Crippen LogP contribution in [0.25, 0.3) is 0 Å². The van der Waals surface area contributed by atoms with Gasteiger partial charge in [0.1, 0.15) is 5.75 Å². The lowest BCUT2D eigenvalue weighted by Gasteiger charge is -2.19. The van der Waals surface area contributed by atoms with Gasteiger partial charge in [0.25, 0.3) is 11.6 Å². The molecule has 2 aromatic carbocycles. The number of carbonyl (C=O) groups excluding carboxylic acids is 1. The topological polar surface area (TPSA) is 81.5 Å². The number of amides is 1. The quantitative estimate of drug-likeness (QED) is 0.622.